The topological polar surface area (TPSA) is 39.7 Å². The van der Waals surface area contributed by atoms with E-state index in [4.69, 9.17) is 14.2 Å². The van der Waals surface area contributed by atoms with Crippen LogP contribution in [0.4, 0.5) is 0 Å². The predicted molar refractivity (Wildman–Crippen MR) is 85.6 cm³/mol. The fourth-order valence-corrected chi connectivity index (χ4v) is 3.68. The molecule has 0 bridgehead atoms. The summed E-state index contributed by atoms with van der Waals surface area (Å²) < 4.78 is 18.3. The SMILES string of the molecule is COc1c(Br)cc2c(c1CC1CCCCN1)OCCCO2. The number of nitrogens with one attached hydrogen (secondary N) is 1. The standard InChI is InChI=1S/C16H22BrNO3/c1-19-15-12(9-11-5-2-3-6-18-11)16-14(10-13(15)17)20-7-4-8-21-16/h10-11,18H,2-9H2,1H3. The molecular weight excluding hydrogens is 334 g/mol. The van der Waals surface area contributed by atoms with Crippen LogP contribution in [0.2, 0.25) is 0 Å². The first kappa shape index (κ1) is 15.0. The van der Waals surface area contributed by atoms with Gasteiger partial charge in [0.25, 0.3) is 0 Å². The number of halogens is 1. The summed E-state index contributed by atoms with van der Waals surface area (Å²) in [5, 5.41) is 3.59. The van der Waals surface area contributed by atoms with Crippen molar-refractivity contribution in [3.8, 4) is 17.2 Å². The second-order valence-electron chi connectivity index (χ2n) is 5.60. The highest BCUT2D eigenvalue weighted by molar-refractivity contribution is 9.10. The third-order valence-electron chi connectivity index (χ3n) is 4.11. The first-order valence-electron chi connectivity index (χ1n) is 7.68. The summed E-state index contributed by atoms with van der Waals surface area (Å²) in [5.41, 5.74) is 1.11. The average molecular weight is 356 g/mol. The molecule has 0 spiro atoms. The molecule has 1 unspecified atom stereocenters. The molecule has 0 amide bonds. The lowest BCUT2D eigenvalue weighted by atomic mass is 9.96. The van der Waals surface area contributed by atoms with Crippen molar-refractivity contribution in [3.05, 3.63) is 16.1 Å². The molecule has 1 aromatic carbocycles. The highest BCUT2D eigenvalue weighted by atomic mass is 79.9. The zero-order chi connectivity index (χ0) is 14.7. The van der Waals surface area contributed by atoms with E-state index in [9.17, 15) is 0 Å². The monoisotopic (exact) mass is 355 g/mol. The number of hydrogen-bond acceptors (Lipinski definition) is 4. The minimum absolute atomic E-state index is 0.484. The van der Waals surface area contributed by atoms with Crippen LogP contribution in [-0.4, -0.2) is 32.9 Å². The Labute approximate surface area is 134 Å². The third kappa shape index (κ3) is 3.29. The summed E-state index contributed by atoms with van der Waals surface area (Å²) in [6, 6.07) is 2.44. The van der Waals surface area contributed by atoms with Gasteiger partial charge in [0.2, 0.25) is 0 Å². The van der Waals surface area contributed by atoms with Crippen LogP contribution in [0.1, 0.15) is 31.2 Å². The molecule has 0 radical (unpaired) electrons. The predicted octanol–water partition coefficient (Wildman–Crippen LogP) is 3.30. The van der Waals surface area contributed by atoms with E-state index >= 15 is 0 Å². The van der Waals surface area contributed by atoms with Gasteiger partial charge in [0, 0.05) is 24.1 Å². The third-order valence-corrected chi connectivity index (χ3v) is 4.70. The van der Waals surface area contributed by atoms with E-state index in [0.717, 1.165) is 46.7 Å². The molecule has 1 atom stereocenters. The minimum Gasteiger partial charge on any atom is -0.495 e. The molecule has 0 saturated carbocycles. The Morgan fingerprint density at radius 3 is 2.90 bits per heavy atom. The van der Waals surface area contributed by atoms with Gasteiger partial charge in [-0.3, -0.25) is 0 Å². The van der Waals surface area contributed by atoms with Crippen molar-refractivity contribution in [1.29, 1.82) is 0 Å². The van der Waals surface area contributed by atoms with Crippen LogP contribution in [-0.2, 0) is 6.42 Å². The Morgan fingerprint density at radius 1 is 1.29 bits per heavy atom. The second-order valence-corrected chi connectivity index (χ2v) is 6.45. The van der Waals surface area contributed by atoms with E-state index in [-0.39, 0.29) is 0 Å². The molecule has 1 fully saturated rings. The Hall–Kier alpha value is -0.940. The lowest BCUT2D eigenvalue weighted by Crippen LogP contribution is -2.35. The molecule has 116 valence electrons. The van der Waals surface area contributed by atoms with Crippen molar-refractivity contribution in [3.63, 3.8) is 0 Å². The molecule has 4 nitrogen and oxygen atoms in total. The number of ether oxygens (including phenoxy) is 3. The molecule has 5 heteroatoms. The molecule has 1 aromatic rings. The number of benzene rings is 1. The number of methoxy groups -OCH3 is 1. The lowest BCUT2D eigenvalue weighted by molar-refractivity contribution is 0.294. The number of piperidine rings is 1. The fraction of sp³-hybridized carbons (Fsp3) is 0.625. The molecule has 2 heterocycles. The summed E-state index contributed by atoms with van der Waals surface area (Å²) in [4.78, 5) is 0. The van der Waals surface area contributed by atoms with Crippen LogP contribution < -0.4 is 19.5 Å². The zero-order valence-corrected chi connectivity index (χ0v) is 14.0. The van der Waals surface area contributed by atoms with Gasteiger partial charge in [-0.15, -0.1) is 0 Å². The van der Waals surface area contributed by atoms with E-state index in [1.54, 1.807) is 7.11 Å². The largest absolute Gasteiger partial charge is 0.495 e. The number of rotatable bonds is 3. The van der Waals surface area contributed by atoms with Crippen LogP contribution in [0.5, 0.6) is 17.2 Å². The van der Waals surface area contributed by atoms with Crippen molar-refractivity contribution in [2.45, 2.75) is 38.1 Å². The van der Waals surface area contributed by atoms with Crippen LogP contribution in [0.3, 0.4) is 0 Å². The summed E-state index contributed by atoms with van der Waals surface area (Å²) in [7, 11) is 1.71. The van der Waals surface area contributed by atoms with E-state index in [0.29, 0.717) is 19.3 Å². The quantitative estimate of drug-likeness (QED) is 0.902. The van der Waals surface area contributed by atoms with Crippen molar-refractivity contribution in [2.24, 2.45) is 0 Å². The van der Waals surface area contributed by atoms with Crippen molar-refractivity contribution >= 4 is 15.9 Å². The molecule has 1 N–H and O–H groups in total. The van der Waals surface area contributed by atoms with E-state index in [2.05, 4.69) is 21.2 Å². The number of hydrogen-bond donors (Lipinski definition) is 1. The van der Waals surface area contributed by atoms with Gasteiger partial charge in [0.05, 0.1) is 24.8 Å². The summed E-state index contributed by atoms with van der Waals surface area (Å²) in [5.74, 6) is 2.55. The van der Waals surface area contributed by atoms with Gasteiger partial charge in [-0.05, 0) is 41.7 Å². The molecule has 2 aliphatic heterocycles. The molecular formula is C16H22BrNO3. The minimum atomic E-state index is 0.484. The average Bonchev–Trinajstić information content (AvgIpc) is 2.73. The Balaban J connectivity index is 1.96. The highest BCUT2D eigenvalue weighted by Crippen LogP contribution is 2.44. The molecule has 2 aliphatic rings. The summed E-state index contributed by atoms with van der Waals surface area (Å²) >= 11 is 3.60. The summed E-state index contributed by atoms with van der Waals surface area (Å²) in [6.45, 7) is 2.50. The van der Waals surface area contributed by atoms with Gasteiger partial charge in [-0.1, -0.05) is 6.42 Å². The van der Waals surface area contributed by atoms with E-state index in [1.807, 2.05) is 6.07 Å². The Bertz CT molecular complexity index is 501. The van der Waals surface area contributed by atoms with Gasteiger partial charge in [0.1, 0.15) is 5.75 Å². The van der Waals surface area contributed by atoms with Crippen LogP contribution in [0.15, 0.2) is 10.5 Å². The van der Waals surface area contributed by atoms with Crippen LogP contribution in [0, 0.1) is 0 Å². The molecule has 21 heavy (non-hydrogen) atoms. The Kier molecular flexibility index (Phi) is 4.91. The zero-order valence-electron chi connectivity index (χ0n) is 12.4. The fourth-order valence-electron chi connectivity index (χ4n) is 3.07. The second kappa shape index (κ2) is 6.88. The summed E-state index contributed by atoms with van der Waals surface area (Å²) in [6.07, 6.45) is 5.58. The van der Waals surface area contributed by atoms with Gasteiger partial charge >= 0.3 is 0 Å². The highest BCUT2D eigenvalue weighted by Gasteiger charge is 2.25. The van der Waals surface area contributed by atoms with Gasteiger partial charge < -0.3 is 19.5 Å². The lowest BCUT2D eigenvalue weighted by Gasteiger charge is -2.26. The van der Waals surface area contributed by atoms with Gasteiger partial charge in [0.15, 0.2) is 11.5 Å². The van der Waals surface area contributed by atoms with E-state index < -0.39 is 0 Å². The maximum absolute atomic E-state index is 5.97. The van der Waals surface area contributed by atoms with Crippen LogP contribution in [0.25, 0.3) is 0 Å². The Morgan fingerprint density at radius 2 is 2.14 bits per heavy atom. The van der Waals surface area contributed by atoms with Crippen molar-refractivity contribution < 1.29 is 14.2 Å². The van der Waals surface area contributed by atoms with Crippen molar-refractivity contribution in [1.82, 2.24) is 5.32 Å². The van der Waals surface area contributed by atoms with E-state index in [1.165, 1.54) is 19.3 Å². The molecule has 0 aromatic heterocycles. The van der Waals surface area contributed by atoms with Gasteiger partial charge in [-0.25, -0.2) is 0 Å². The first-order chi connectivity index (χ1) is 10.3. The maximum atomic E-state index is 5.97. The molecule has 1 saturated heterocycles. The van der Waals surface area contributed by atoms with Gasteiger partial charge in [-0.2, -0.15) is 0 Å². The smallest absolute Gasteiger partial charge is 0.168 e. The molecule has 3 rings (SSSR count). The molecule has 0 aliphatic carbocycles. The maximum Gasteiger partial charge on any atom is 0.168 e. The van der Waals surface area contributed by atoms with Crippen LogP contribution >= 0.6 is 15.9 Å². The normalized spacial score (nSPS) is 21.7. The van der Waals surface area contributed by atoms with Crippen molar-refractivity contribution in [2.75, 3.05) is 26.9 Å². The first-order valence-corrected chi connectivity index (χ1v) is 8.47. The number of fused-ring (bicyclic) bond motifs is 1.